The number of hydrogen-bond donors (Lipinski definition) is 1. The monoisotopic (exact) mass is 226 g/mol. The summed E-state index contributed by atoms with van der Waals surface area (Å²) in [6.45, 7) is 4.51. The molecule has 3 heteroatoms. The summed E-state index contributed by atoms with van der Waals surface area (Å²) in [5.41, 5.74) is -0.0441. The third kappa shape index (κ3) is 2.47. The van der Waals surface area contributed by atoms with Gasteiger partial charge in [0, 0.05) is 5.92 Å². The number of aliphatic hydroxyl groups is 1. The van der Waals surface area contributed by atoms with Crippen LogP contribution in [-0.4, -0.2) is 30.2 Å². The average molecular weight is 226 g/mol. The minimum absolute atomic E-state index is 0.0406. The van der Waals surface area contributed by atoms with Crippen molar-refractivity contribution in [3.63, 3.8) is 0 Å². The Morgan fingerprint density at radius 2 is 2.12 bits per heavy atom. The van der Waals surface area contributed by atoms with Gasteiger partial charge in [-0.25, -0.2) is 0 Å². The van der Waals surface area contributed by atoms with Gasteiger partial charge in [0.25, 0.3) is 0 Å². The Morgan fingerprint density at radius 3 is 2.75 bits per heavy atom. The molecule has 1 aliphatic carbocycles. The van der Waals surface area contributed by atoms with Crippen molar-refractivity contribution in [2.45, 2.75) is 50.4 Å². The number of aliphatic hydroxyl groups excluding tert-OH is 1. The van der Waals surface area contributed by atoms with E-state index in [9.17, 15) is 5.11 Å². The Morgan fingerprint density at radius 1 is 1.38 bits per heavy atom. The molecule has 0 radical (unpaired) electrons. The first-order valence-electron chi connectivity index (χ1n) is 6.31. The minimum atomic E-state index is -0.235. The first-order chi connectivity index (χ1) is 7.79. The van der Waals surface area contributed by atoms with Crippen molar-refractivity contribution >= 4 is 0 Å². The van der Waals surface area contributed by atoms with Gasteiger partial charge in [-0.3, -0.25) is 0 Å². The maximum Gasteiger partial charge on any atom is 0.163 e. The van der Waals surface area contributed by atoms with E-state index in [1.165, 1.54) is 19.3 Å². The highest BCUT2D eigenvalue weighted by Crippen LogP contribution is 2.39. The van der Waals surface area contributed by atoms with Crippen molar-refractivity contribution in [1.82, 2.24) is 0 Å². The van der Waals surface area contributed by atoms with Crippen LogP contribution in [0, 0.1) is 5.92 Å². The van der Waals surface area contributed by atoms with Crippen molar-refractivity contribution in [3.8, 4) is 0 Å². The number of rotatable bonds is 4. The van der Waals surface area contributed by atoms with E-state index in [0.29, 0.717) is 6.61 Å². The van der Waals surface area contributed by atoms with Gasteiger partial charge < -0.3 is 14.6 Å². The van der Waals surface area contributed by atoms with Crippen LogP contribution in [-0.2, 0) is 9.47 Å². The zero-order valence-corrected chi connectivity index (χ0v) is 9.86. The van der Waals surface area contributed by atoms with E-state index < -0.39 is 0 Å². The Balaban J connectivity index is 1.92. The van der Waals surface area contributed by atoms with Crippen molar-refractivity contribution in [2.75, 3.05) is 13.2 Å². The minimum Gasteiger partial charge on any atom is -0.396 e. The smallest absolute Gasteiger partial charge is 0.163 e. The van der Waals surface area contributed by atoms with Crippen LogP contribution < -0.4 is 0 Å². The summed E-state index contributed by atoms with van der Waals surface area (Å²) in [6, 6.07) is 0. The molecule has 2 aliphatic rings. The quantitative estimate of drug-likeness (QED) is 0.747. The zero-order chi connectivity index (χ0) is 11.4. The molecule has 1 aliphatic heterocycles. The summed E-state index contributed by atoms with van der Waals surface area (Å²) in [6.07, 6.45) is 8.33. The first kappa shape index (κ1) is 12.1. The molecule has 0 amide bonds. The van der Waals surface area contributed by atoms with Crippen LogP contribution in [0.2, 0.25) is 0 Å². The van der Waals surface area contributed by atoms with Crippen LogP contribution in [0.4, 0.5) is 0 Å². The molecule has 1 spiro atoms. The average Bonchev–Trinajstić information content (AvgIpc) is 2.71. The van der Waals surface area contributed by atoms with Gasteiger partial charge in [-0.15, -0.1) is 6.58 Å². The number of ether oxygens (including phenoxy) is 2. The Kier molecular flexibility index (Phi) is 4.00. The predicted octanol–water partition coefficient (Wildman–Crippen LogP) is 2.25. The van der Waals surface area contributed by atoms with Crippen molar-refractivity contribution in [1.29, 1.82) is 0 Å². The normalized spacial score (nSPS) is 30.4. The molecule has 1 heterocycles. The summed E-state index contributed by atoms with van der Waals surface area (Å²) in [5.74, 6) is 0.0406. The lowest BCUT2D eigenvalue weighted by Gasteiger charge is -2.32. The molecule has 0 aromatic carbocycles. The van der Waals surface area contributed by atoms with Crippen LogP contribution in [0.25, 0.3) is 0 Å². The van der Waals surface area contributed by atoms with Crippen LogP contribution >= 0.6 is 0 Å². The standard InChI is InChI=1S/C13H22O3/c1-2-6-11(9-14)12-15-10-13(16-12)7-4-3-5-8-13/h2,11-12,14H,1,3-10H2/t11-,12-/m0/s1. The van der Waals surface area contributed by atoms with Crippen LogP contribution in [0.5, 0.6) is 0 Å². The molecule has 0 unspecified atom stereocenters. The van der Waals surface area contributed by atoms with Crippen molar-refractivity contribution in [3.05, 3.63) is 12.7 Å². The summed E-state index contributed by atoms with van der Waals surface area (Å²) < 4.78 is 11.8. The van der Waals surface area contributed by atoms with Gasteiger partial charge in [-0.1, -0.05) is 25.3 Å². The van der Waals surface area contributed by atoms with E-state index in [-0.39, 0.29) is 24.4 Å². The van der Waals surface area contributed by atoms with Gasteiger partial charge in [0.1, 0.15) is 0 Å². The van der Waals surface area contributed by atoms with Crippen LogP contribution in [0.15, 0.2) is 12.7 Å². The highest BCUT2D eigenvalue weighted by molar-refractivity contribution is 4.90. The number of allylic oxidation sites excluding steroid dienone is 1. The van der Waals surface area contributed by atoms with Gasteiger partial charge in [-0.2, -0.15) is 0 Å². The third-order valence-electron chi connectivity index (χ3n) is 3.73. The first-order valence-corrected chi connectivity index (χ1v) is 6.31. The second-order valence-corrected chi connectivity index (χ2v) is 5.01. The molecule has 1 N–H and O–H groups in total. The molecule has 16 heavy (non-hydrogen) atoms. The van der Waals surface area contributed by atoms with E-state index in [1.54, 1.807) is 0 Å². The Hall–Kier alpha value is -0.380. The van der Waals surface area contributed by atoms with Gasteiger partial charge in [0.05, 0.1) is 18.8 Å². The molecular weight excluding hydrogens is 204 g/mol. The van der Waals surface area contributed by atoms with Gasteiger partial charge in [0.2, 0.25) is 0 Å². The molecule has 1 saturated heterocycles. The van der Waals surface area contributed by atoms with E-state index in [4.69, 9.17) is 9.47 Å². The molecule has 0 bridgehead atoms. The predicted molar refractivity (Wildman–Crippen MR) is 62.0 cm³/mol. The third-order valence-corrected chi connectivity index (χ3v) is 3.73. The number of hydrogen-bond acceptors (Lipinski definition) is 3. The molecule has 92 valence electrons. The van der Waals surface area contributed by atoms with Crippen molar-refractivity contribution < 1.29 is 14.6 Å². The zero-order valence-electron chi connectivity index (χ0n) is 9.86. The largest absolute Gasteiger partial charge is 0.396 e. The molecule has 2 rings (SSSR count). The highest BCUT2D eigenvalue weighted by atomic mass is 16.7. The fourth-order valence-corrected chi connectivity index (χ4v) is 2.72. The topological polar surface area (TPSA) is 38.7 Å². The Labute approximate surface area is 97.4 Å². The molecule has 0 aromatic rings. The molecule has 0 aromatic heterocycles. The summed E-state index contributed by atoms with van der Waals surface area (Å²) in [4.78, 5) is 0. The van der Waals surface area contributed by atoms with E-state index in [0.717, 1.165) is 19.3 Å². The summed E-state index contributed by atoms with van der Waals surface area (Å²) in [5, 5.41) is 9.30. The highest BCUT2D eigenvalue weighted by Gasteiger charge is 2.43. The van der Waals surface area contributed by atoms with E-state index in [1.807, 2.05) is 6.08 Å². The molecule has 1 saturated carbocycles. The van der Waals surface area contributed by atoms with Crippen molar-refractivity contribution in [2.24, 2.45) is 5.92 Å². The van der Waals surface area contributed by atoms with Gasteiger partial charge >= 0.3 is 0 Å². The molecular formula is C13H22O3. The molecule has 2 atom stereocenters. The summed E-state index contributed by atoms with van der Waals surface area (Å²) >= 11 is 0. The van der Waals surface area contributed by atoms with E-state index >= 15 is 0 Å². The fourth-order valence-electron chi connectivity index (χ4n) is 2.72. The molecule has 3 nitrogen and oxygen atoms in total. The lowest BCUT2D eigenvalue weighted by Crippen LogP contribution is -2.36. The lowest BCUT2D eigenvalue weighted by molar-refractivity contribution is -0.137. The fraction of sp³-hybridized carbons (Fsp3) is 0.846. The second-order valence-electron chi connectivity index (χ2n) is 5.01. The van der Waals surface area contributed by atoms with Gasteiger partial charge in [-0.05, 0) is 19.3 Å². The lowest BCUT2D eigenvalue weighted by atomic mass is 9.85. The van der Waals surface area contributed by atoms with Crippen LogP contribution in [0.3, 0.4) is 0 Å². The van der Waals surface area contributed by atoms with E-state index in [2.05, 4.69) is 6.58 Å². The molecule has 2 fully saturated rings. The second kappa shape index (κ2) is 5.30. The Bertz CT molecular complexity index is 233. The SMILES string of the molecule is C=CC[C@@H](CO)[C@H]1OCC2(CCCCC2)O1. The van der Waals surface area contributed by atoms with Crippen LogP contribution in [0.1, 0.15) is 38.5 Å². The van der Waals surface area contributed by atoms with Gasteiger partial charge in [0.15, 0.2) is 6.29 Å². The summed E-state index contributed by atoms with van der Waals surface area (Å²) in [7, 11) is 0. The maximum atomic E-state index is 9.30. The maximum absolute atomic E-state index is 9.30.